The molecule has 2 heteroatoms. The van der Waals surface area contributed by atoms with Crippen LogP contribution in [0.25, 0.3) is 0 Å². The quantitative estimate of drug-likeness (QED) is 0.0417. The summed E-state index contributed by atoms with van der Waals surface area (Å²) in [5.74, 6) is -0.0700. The molecule has 0 radical (unpaired) electrons. The van der Waals surface area contributed by atoms with E-state index in [9.17, 15) is 4.79 Å². The van der Waals surface area contributed by atoms with Crippen LogP contribution in [0.3, 0.4) is 0 Å². The Hall–Kier alpha value is -0.790. The second-order valence-electron chi connectivity index (χ2n) is 13.3. The fourth-order valence-electron chi connectivity index (χ4n) is 6.14. The lowest BCUT2D eigenvalue weighted by molar-refractivity contribution is -0.139. The molecular weight excluding hydrogens is 512 g/mol. The van der Waals surface area contributed by atoms with Crippen LogP contribution in [0.4, 0.5) is 0 Å². The van der Waals surface area contributed by atoms with Gasteiger partial charge in [0.05, 0.1) is 6.61 Å². The van der Waals surface area contributed by atoms with Gasteiger partial charge in [0.2, 0.25) is 0 Å². The molecule has 0 amide bonds. The van der Waals surface area contributed by atoms with Gasteiger partial charge in [0.1, 0.15) is 0 Å². The Morgan fingerprint density at radius 3 is 0.952 bits per heavy atom. The number of rotatable bonds is 35. The first kappa shape index (κ1) is 41.2. The highest BCUT2D eigenvalue weighted by Gasteiger charge is 2.09. The van der Waals surface area contributed by atoms with Crippen LogP contribution in [0.5, 0.6) is 0 Å². The Morgan fingerprint density at radius 1 is 0.405 bits per heavy atom. The van der Waals surface area contributed by atoms with E-state index < -0.39 is 0 Å². The molecule has 0 aliphatic rings. The summed E-state index contributed by atoms with van der Waals surface area (Å²) < 4.78 is 5.59. The maximum atomic E-state index is 12.4. The Labute approximate surface area is 266 Å². The lowest BCUT2D eigenvalue weighted by Crippen LogP contribution is -2.09. The van der Waals surface area contributed by atoms with Crippen molar-refractivity contribution in [3.63, 3.8) is 0 Å². The van der Waals surface area contributed by atoms with Crippen LogP contribution in [-0.2, 0) is 9.53 Å². The fraction of sp³-hybridized carbons (Fsp3) is 0.925. The van der Waals surface area contributed by atoms with Gasteiger partial charge in [-0.2, -0.15) is 0 Å². The summed E-state index contributed by atoms with van der Waals surface area (Å²) in [5.41, 5.74) is 0.886. The molecule has 0 aliphatic carbocycles. The lowest BCUT2D eigenvalue weighted by Gasteiger charge is -2.08. The van der Waals surface area contributed by atoms with E-state index in [0.717, 1.165) is 24.8 Å². The van der Waals surface area contributed by atoms with Gasteiger partial charge in [0, 0.05) is 5.57 Å². The fourth-order valence-corrected chi connectivity index (χ4v) is 6.14. The third-order valence-corrected chi connectivity index (χ3v) is 9.14. The first-order valence-corrected chi connectivity index (χ1v) is 19.6. The van der Waals surface area contributed by atoms with E-state index >= 15 is 0 Å². The number of hydrogen-bond donors (Lipinski definition) is 0. The zero-order chi connectivity index (χ0) is 30.6. The largest absolute Gasteiger partial charge is 0.462 e. The number of hydrogen-bond acceptors (Lipinski definition) is 2. The standard InChI is InChI=1S/C40H78O2/c1-4-7-9-11-13-15-17-19-21-23-25-27-29-31-33-35-37-39(6-3)40(41)42-38-36-34-32-30-28-26-24-22-20-18-16-14-12-10-8-5-2/h6H,4-5,7-38H2,1-3H3. The highest BCUT2D eigenvalue weighted by atomic mass is 16.5. The van der Waals surface area contributed by atoms with Gasteiger partial charge < -0.3 is 4.74 Å². The number of carbonyl (C=O) groups excluding carboxylic acids is 1. The van der Waals surface area contributed by atoms with Crippen LogP contribution in [0.1, 0.15) is 233 Å². The molecule has 250 valence electrons. The molecule has 0 aromatic rings. The van der Waals surface area contributed by atoms with Crippen molar-refractivity contribution in [3.8, 4) is 0 Å². The molecular formula is C40H78O2. The van der Waals surface area contributed by atoms with E-state index in [2.05, 4.69) is 13.8 Å². The summed E-state index contributed by atoms with van der Waals surface area (Å²) in [4.78, 5) is 12.4. The average molecular weight is 591 g/mol. The van der Waals surface area contributed by atoms with Crippen LogP contribution >= 0.6 is 0 Å². The highest BCUT2D eigenvalue weighted by Crippen LogP contribution is 2.17. The van der Waals surface area contributed by atoms with Crippen molar-refractivity contribution in [2.75, 3.05) is 6.61 Å². The number of carbonyl (C=O) groups is 1. The zero-order valence-electron chi connectivity index (χ0n) is 29.4. The second kappa shape index (κ2) is 36.4. The van der Waals surface area contributed by atoms with Crippen LogP contribution < -0.4 is 0 Å². The van der Waals surface area contributed by atoms with E-state index in [1.54, 1.807) is 0 Å². The Kier molecular flexibility index (Phi) is 35.7. The number of allylic oxidation sites excluding steroid dienone is 1. The maximum Gasteiger partial charge on any atom is 0.333 e. The Bertz CT molecular complexity index is 552. The van der Waals surface area contributed by atoms with Gasteiger partial charge in [-0.3, -0.25) is 0 Å². The van der Waals surface area contributed by atoms with Crippen LogP contribution in [-0.4, -0.2) is 12.6 Å². The second-order valence-corrected chi connectivity index (χ2v) is 13.3. The van der Waals surface area contributed by atoms with E-state index in [1.807, 2.05) is 13.0 Å². The molecule has 42 heavy (non-hydrogen) atoms. The summed E-state index contributed by atoms with van der Waals surface area (Å²) in [6.45, 7) is 7.16. The predicted molar refractivity (Wildman–Crippen MR) is 188 cm³/mol. The number of unbranched alkanes of at least 4 members (excludes halogenated alkanes) is 30. The molecule has 0 aromatic heterocycles. The third-order valence-electron chi connectivity index (χ3n) is 9.14. The van der Waals surface area contributed by atoms with E-state index in [0.29, 0.717) is 6.61 Å². The summed E-state index contributed by atoms with van der Waals surface area (Å²) in [6.07, 6.45) is 46.8. The van der Waals surface area contributed by atoms with Crippen molar-refractivity contribution in [2.45, 2.75) is 233 Å². The molecule has 0 aromatic carbocycles. The van der Waals surface area contributed by atoms with Gasteiger partial charge in [-0.25, -0.2) is 4.79 Å². The first-order valence-electron chi connectivity index (χ1n) is 19.6. The molecule has 0 aliphatic heterocycles. The maximum absolute atomic E-state index is 12.4. The van der Waals surface area contributed by atoms with Crippen LogP contribution in [0.2, 0.25) is 0 Å². The van der Waals surface area contributed by atoms with E-state index in [4.69, 9.17) is 4.74 Å². The summed E-state index contributed by atoms with van der Waals surface area (Å²) in [7, 11) is 0. The smallest absolute Gasteiger partial charge is 0.333 e. The van der Waals surface area contributed by atoms with E-state index in [-0.39, 0.29) is 5.97 Å². The van der Waals surface area contributed by atoms with Crippen LogP contribution in [0.15, 0.2) is 11.6 Å². The monoisotopic (exact) mass is 591 g/mol. The van der Waals surface area contributed by atoms with Gasteiger partial charge in [0.25, 0.3) is 0 Å². The Balaban J connectivity index is 3.39. The number of ether oxygens (including phenoxy) is 1. The highest BCUT2D eigenvalue weighted by molar-refractivity contribution is 5.88. The molecule has 0 bridgehead atoms. The van der Waals surface area contributed by atoms with Gasteiger partial charge in [0.15, 0.2) is 0 Å². The lowest BCUT2D eigenvalue weighted by atomic mass is 10.0. The molecule has 0 heterocycles. The molecule has 0 N–H and O–H groups in total. The average Bonchev–Trinajstić information content (AvgIpc) is 3.00. The van der Waals surface area contributed by atoms with Crippen molar-refractivity contribution in [1.82, 2.24) is 0 Å². The van der Waals surface area contributed by atoms with Crippen molar-refractivity contribution >= 4 is 5.97 Å². The van der Waals surface area contributed by atoms with Crippen molar-refractivity contribution < 1.29 is 9.53 Å². The summed E-state index contributed by atoms with van der Waals surface area (Å²) >= 11 is 0. The van der Waals surface area contributed by atoms with Gasteiger partial charge in [-0.15, -0.1) is 0 Å². The molecule has 0 saturated heterocycles. The minimum Gasteiger partial charge on any atom is -0.462 e. The van der Waals surface area contributed by atoms with Gasteiger partial charge in [-0.1, -0.05) is 213 Å². The molecule has 2 nitrogen and oxygen atoms in total. The summed E-state index contributed by atoms with van der Waals surface area (Å²) in [5, 5.41) is 0. The SMILES string of the molecule is CC=C(CCCCCCCCCCCCCCCCCC)C(=O)OCCCCCCCCCCCCCCCCCC. The zero-order valence-corrected chi connectivity index (χ0v) is 29.4. The van der Waals surface area contributed by atoms with Gasteiger partial charge >= 0.3 is 5.97 Å². The minimum atomic E-state index is -0.0700. The molecule has 0 atom stereocenters. The molecule has 0 rings (SSSR count). The van der Waals surface area contributed by atoms with Crippen molar-refractivity contribution in [2.24, 2.45) is 0 Å². The molecule has 0 spiro atoms. The van der Waals surface area contributed by atoms with Crippen molar-refractivity contribution in [3.05, 3.63) is 11.6 Å². The topological polar surface area (TPSA) is 26.3 Å². The molecule has 0 unspecified atom stereocenters. The predicted octanol–water partition coefficient (Wildman–Crippen LogP) is 14.4. The van der Waals surface area contributed by atoms with Crippen LogP contribution in [0, 0.1) is 0 Å². The van der Waals surface area contributed by atoms with Gasteiger partial charge in [-0.05, 0) is 26.2 Å². The minimum absolute atomic E-state index is 0.0700. The Morgan fingerprint density at radius 2 is 0.667 bits per heavy atom. The molecule has 0 saturated carbocycles. The number of esters is 1. The van der Waals surface area contributed by atoms with Crippen molar-refractivity contribution in [1.29, 1.82) is 0 Å². The first-order chi connectivity index (χ1) is 20.8. The van der Waals surface area contributed by atoms with E-state index in [1.165, 1.54) is 193 Å². The summed E-state index contributed by atoms with van der Waals surface area (Å²) in [6, 6.07) is 0. The third kappa shape index (κ3) is 32.1. The normalized spacial score (nSPS) is 11.8. The molecule has 0 fully saturated rings.